The smallest absolute Gasteiger partial charge is 0.244 e. The summed E-state index contributed by atoms with van der Waals surface area (Å²) in [6.07, 6.45) is 4.43. The van der Waals surface area contributed by atoms with Gasteiger partial charge in [0.15, 0.2) is 0 Å². The molecule has 2 rings (SSSR count). The lowest BCUT2D eigenvalue weighted by molar-refractivity contribution is -0.116. The van der Waals surface area contributed by atoms with Crippen LogP contribution in [-0.4, -0.2) is 12.5 Å². The lowest BCUT2D eigenvalue weighted by Crippen LogP contribution is -2.26. The summed E-state index contributed by atoms with van der Waals surface area (Å²) in [6.45, 7) is 2.81. The molecule has 2 aromatic carbocycles. The summed E-state index contributed by atoms with van der Waals surface area (Å²) >= 11 is 0. The zero-order valence-corrected chi connectivity index (χ0v) is 12.3. The number of carbonyl (C=O) groups excluding carboxylic acids is 1. The Hall–Kier alpha value is -2.35. The molecular formula is C19H21NO. The largest absolute Gasteiger partial charge is 0.352 e. The lowest BCUT2D eigenvalue weighted by Gasteiger charge is -2.15. The molecule has 0 heterocycles. The Balaban J connectivity index is 1.87. The Morgan fingerprint density at radius 3 is 2.29 bits per heavy atom. The summed E-state index contributed by atoms with van der Waals surface area (Å²) in [7, 11) is 0. The first kappa shape index (κ1) is 15.0. The highest BCUT2D eigenvalue weighted by molar-refractivity contribution is 5.91. The van der Waals surface area contributed by atoms with E-state index in [1.54, 1.807) is 6.08 Å². The predicted molar refractivity (Wildman–Crippen MR) is 88.0 cm³/mol. The van der Waals surface area contributed by atoms with Crippen molar-refractivity contribution in [1.82, 2.24) is 5.32 Å². The van der Waals surface area contributed by atoms with Crippen LogP contribution in [0.5, 0.6) is 0 Å². The Kier molecular flexibility index (Phi) is 5.77. The van der Waals surface area contributed by atoms with Crippen LogP contribution >= 0.6 is 0 Å². The normalized spacial score (nSPS) is 12.2. The van der Waals surface area contributed by atoms with Crippen LogP contribution in [0.3, 0.4) is 0 Å². The van der Waals surface area contributed by atoms with E-state index in [-0.39, 0.29) is 5.91 Å². The van der Waals surface area contributed by atoms with Crippen molar-refractivity contribution in [3.63, 3.8) is 0 Å². The molecule has 1 amide bonds. The Labute approximate surface area is 126 Å². The third-order valence-electron chi connectivity index (χ3n) is 3.51. The maximum absolute atomic E-state index is 11.9. The van der Waals surface area contributed by atoms with E-state index in [0.717, 1.165) is 12.0 Å². The SMILES string of the molecule is CCC(CNC(=O)/C=C/c1ccccc1)c1ccccc1. The van der Waals surface area contributed by atoms with E-state index >= 15 is 0 Å². The number of amides is 1. The monoisotopic (exact) mass is 279 g/mol. The van der Waals surface area contributed by atoms with Gasteiger partial charge in [0.25, 0.3) is 0 Å². The Bertz CT molecular complexity index is 575. The van der Waals surface area contributed by atoms with Gasteiger partial charge < -0.3 is 5.32 Å². The quantitative estimate of drug-likeness (QED) is 0.795. The van der Waals surface area contributed by atoms with Crippen molar-refractivity contribution in [3.8, 4) is 0 Å². The van der Waals surface area contributed by atoms with Gasteiger partial charge in [0.2, 0.25) is 5.91 Å². The van der Waals surface area contributed by atoms with Gasteiger partial charge in [0, 0.05) is 18.5 Å². The fraction of sp³-hybridized carbons (Fsp3) is 0.211. The molecule has 1 N–H and O–H groups in total. The van der Waals surface area contributed by atoms with Crippen LogP contribution in [0.25, 0.3) is 6.08 Å². The van der Waals surface area contributed by atoms with Crippen molar-refractivity contribution >= 4 is 12.0 Å². The first-order chi connectivity index (χ1) is 10.3. The van der Waals surface area contributed by atoms with Gasteiger partial charge in [-0.05, 0) is 23.6 Å². The first-order valence-electron chi connectivity index (χ1n) is 7.35. The third-order valence-corrected chi connectivity index (χ3v) is 3.51. The molecule has 0 radical (unpaired) electrons. The molecule has 0 fully saturated rings. The molecule has 0 saturated heterocycles. The van der Waals surface area contributed by atoms with Crippen molar-refractivity contribution in [2.24, 2.45) is 0 Å². The predicted octanol–water partition coefficient (Wildman–Crippen LogP) is 4.01. The number of hydrogen-bond acceptors (Lipinski definition) is 1. The molecule has 0 spiro atoms. The summed E-state index contributed by atoms with van der Waals surface area (Å²) in [5, 5.41) is 2.98. The van der Waals surface area contributed by atoms with Gasteiger partial charge in [-0.25, -0.2) is 0 Å². The van der Waals surface area contributed by atoms with Crippen molar-refractivity contribution in [2.75, 3.05) is 6.54 Å². The zero-order chi connectivity index (χ0) is 14.9. The van der Waals surface area contributed by atoms with Crippen molar-refractivity contribution < 1.29 is 4.79 Å². The molecule has 2 heteroatoms. The van der Waals surface area contributed by atoms with E-state index < -0.39 is 0 Å². The highest BCUT2D eigenvalue weighted by atomic mass is 16.1. The van der Waals surface area contributed by atoms with Crippen molar-refractivity contribution in [1.29, 1.82) is 0 Å². The van der Waals surface area contributed by atoms with Gasteiger partial charge in [0.1, 0.15) is 0 Å². The fourth-order valence-electron chi connectivity index (χ4n) is 2.24. The van der Waals surface area contributed by atoms with Crippen molar-refractivity contribution in [2.45, 2.75) is 19.3 Å². The van der Waals surface area contributed by atoms with E-state index in [2.05, 4.69) is 24.4 Å². The molecule has 0 saturated carbocycles. The Morgan fingerprint density at radius 1 is 1.05 bits per heavy atom. The van der Waals surface area contributed by atoms with Crippen molar-refractivity contribution in [3.05, 3.63) is 77.9 Å². The first-order valence-corrected chi connectivity index (χ1v) is 7.35. The summed E-state index contributed by atoms with van der Waals surface area (Å²) in [5.74, 6) is 0.313. The molecule has 0 aliphatic carbocycles. The molecule has 0 bridgehead atoms. The van der Waals surface area contributed by atoms with Gasteiger partial charge in [-0.1, -0.05) is 67.6 Å². The highest BCUT2D eigenvalue weighted by Crippen LogP contribution is 2.17. The van der Waals surface area contributed by atoms with E-state index in [1.807, 2.05) is 54.6 Å². The summed E-state index contributed by atoms with van der Waals surface area (Å²) in [5.41, 5.74) is 2.30. The second-order valence-electron chi connectivity index (χ2n) is 5.01. The average molecular weight is 279 g/mol. The molecular weight excluding hydrogens is 258 g/mol. The lowest BCUT2D eigenvalue weighted by atomic mass is 9.96. The van der Waals surface area contributed by atoms with E-state index in [1.165, 1.54) is 5.56 Å². The second kappa shape index (κ2) is 8.05. The van der Waals surface area contributed by atoms with E-state index in [0.29, 0.717) is 12.5 Å². The average Bonchev–Trinajstić information content (AvgIpc) is 2.55. The van der Waals surface area contributed by atoms with Crippen LogP contribution in [-0.2, 0) is 4.79 Å². The fourth-order valence-corrected chi connectivity index (χ4v) is 2.24. The molecule has 0 aromatic heterocycles. The van der Waals surface area contributed by atoms with Gasteiger partial charge in [-0.2, -0.15) is 0 Å². The Morgan fingerprint density at radius 2 is 1.67 bits per heavy atom. The number of benzene rings is 2. The molecule has 2 nitrogen and oxygen atoms in total. The maximum atomic E-state index is 11.9. The highest BCUT2D eigenvalue weighted by Gasteiger charge is 2.09. The molecule has 21 heavy (non-hydrogen) atoms. The minimum Gasteiger partial charge on any atom is -0.352 e. The molecule has 2 aromatic rings. The summed E-state index contributed by atoms with van der Waals surface area (Å²) in [4.78, 5) is 11.9. The number of rotatable bonds is 6. The molecule has 0 aliphatic heterocycles. The summed E-state index contributed by atoms with van der Waals surface area (Å²) < 4.78 is 0. The van der Waals surface area contributed by atoms with Crippen LogP contribution in [0, 0.1) is 0 Å². The molecule has 108 valence electrons. The van der Waals surface area contributed by atoms with Gasteiger partial charge >= 0.3 is 0 Å². The topological polar surface area (TPSA) is 29.1 Å². The minimum atomic E-state index is -0.0479. The molecule has 0 aliphatic rings. The van der Waals surface area contributed by atoms with Gasteiger partial charge in [0.05, 0.1) is 0 Å². The van der Waals surface area contributed by atoms with Crippen LogP contribution in [0.15, 0.2) is 66.7 Å². The second-order valence-corrected chi connectivity index (χ2v) is 5.01. The zero-order valence-electron chi connectivity index (χ0n) is 12.3. The number of nitrogens with one attached hydrogen (secondary N) is 1. The van der Waals surface area contributed by atoms with Crippen LogP contribution in [0.2, 0.25) is 0 Å². The van der Waals surface area contributed by atoms with Crippen LogP contribution in [0.1, 0.15) is 30.4 Å². The van der Waals surface area contributed by atoms with E-state index in [9.17, 15) is 4.79 Å². The summed E-state index contributed by atoms with van der Waals surface area (Å²) in [6, 6.07) is 20.1. The third kappa shape index (κ3) is 4.92. The van der Waals surface area contributed by atoms with Crippen LogP contribution in [0.4, 0.5) is 0 Å². The molecule has 1 atom stereocenters. The molecule has 1 unspecified atom stereocenters. The number of carbonyl (C=O) groups is 1. The van der Waals surface area contributed by atoms with Gasteiger partial charge in [-0.15, -0.1) is 0 Å². The van der Waals surface area contributed by atoms with Gasteiger partial charge in [-0.3, -0.25) is 4.79 Å². The standard InChI is InChI=1S/C19H21NO/c1-2-17(18-11-7-4-8-12-18)15-20-19(21)14-13-16-9-5-3-6-10-16/h3-14,17H,2,15H2,1H3,(H,20,21)/b14-13+. The number of hydrogen-bond donors (Lipinski definition) is 1. The van der Waals surface area contributed by atoms with E-state index in [4.69, 9.17) is 0 Å². The minimum absolute atomic E-state index is 0.0479. The maximum Gasteiger partial charge on any atom is 0.244 e. The van der Waals surface area contributed by atoms with Crippen LogP contribution < -0.4 is 5.32 Å².